The van der Waals surface area contributed by atoms with Crippen LogP contribution in [0.2, 0.25) is 5.02 Å². The first-order chi connectivity index (χ1) is 13.9. The van der Waals surface area contributed by atoms with Gasteiger partial charge in [0.1, 0.15) is 0 Å². The predicted molar refractivity (Wildman–Crippen MR) is 114 cm³/mol. The van der Waals surface area contributed by atoms with Crippen molar-refractivity contribution in [1.82, 2.24) is 15.5 Å². The van der Waals surface area contributed by atoms with Crippen molar-refractivity contribution in [1.29, 1.82) is 0 Å². The molecule has 0 saturated carbocycles. The molecule has 0 unspecified atom stereocenters. The summed E-state index contributed by atoms with van der Waals surface area (Å²) in [6, 6.07) is 15.2. The molecule has 0 spiro atoms. The van der Waals surface area contributed by atoms with Gasteiger partial charge in [-0.3, -0.25) is 4.79 Å². The lowest BCUT2D eigenvalue weighted by Crippen LogP contribution is -2.42. The van der Waals surface area contributed by atoms with Crippen molar-refractivity contribution in [2.24, 2.45) is 0 Å². The number of hydrogen-bond acceptors (Lipinski definition) is 5. The van der Waals surface area contributed by atoms with Gasteiger partial charge in [-0.25, -0.2) is 0 Å². The first-order valence-corrected chi connectivity index (χ1v) is 9.95. The predicted octanol–water partition coefficient (Wildman–Crippen LogP) is 4.84. The number of carbonyl (C=O) groups excluding carboxylic acids is 1. The molecule has 1 heterocycles. The van der Waals surface area contributed by atoms with Crippen molar-refractivity contribution in [2.75, 3.05) is 5.32 Å². The van der Waals surface area contributed by atoms with Crippen LogP contribution in [-0.2, 0) is 13.0 Å². The summed E-state index contributed by atoms with van der Waals surface area (Å²) in [6.45, 7) is 6.35. The normalized spacial score (nSPS) is 11.3. The smallest absolute Gasteiger partial charge is 0.253 e. The van der Waals surface area contributed by atoms with E-state index in [0.717, 1.165) is 17.7 Å². The number of nitrogens with one attached hydrogen (secondary N) is 2. The summed E-state index contributed by atoms with van der Waals surface area (Å²) in [7, 11) is 0. The molecule has 0 bridgehead atoms. The van der Waals surface area contributed by atoms with Gasteiger partial charge in [-0.05, 0) is 44.0 Å². The van der Waals surface area contributed by atoms with Crippen molar-refractivity contribution in [3.63, 3.8) is 0 Å². The van der Waals surface area contributed by atoms with Crippen molar-refractivity contribution in [2.45, 2.75) is 45.7 Å². The Morgan fingerprint density at radius 2 is 1.93 bits per heavy atom. The summed E-state index contributed by atoms with van der Waals surface area (Å²) >= 11 is 6.32. The number of carbonyl (C=O) groups is 1. The Labute approximate surface area is 175 Å². The minimum Gasteiger partial charge on any atom is -0.376 e. The van der Waals surface area contributed by atoms with Gasteiger partial charge in [0.2, 0.25) is 5.89 Å². The maximum absolute atomic E-state index is 12.4. The van der Waals surface area contributed by atoms with Gasteiger partial charge in [-0.2, -0.15) is 4.98 Å². The lowest BCUT2D eigenvalue weighted by atomic mass is 10.0. The second kappa shape index (κ2) is 9.09. The number of halogens is 1. The maximum Gasteiger partial charge on any atom is 0.253 e. The fourth-order valence-corrected chi connectivity index (χ4v) is 2.93. The van der Waals surface area contributed by atoms with E-state index in [2.05, 4.69) is 20.8 Å². The van der Waals surface area contributed by atoms with E-state index >= 15 is 0 Å². The monoisotopic (exact) mass is 412 g/mol. The van der Waals surface area contributed by atoms with Crippen LogP contribution < -0.4 is 10.6 Å². The minimum absolute atomic E-state index is 0.184. The number of hydrogen-bond donors (Lipinski definition) is 2. The molecular weight excluding hydrogens is 388 g/mol. The van der Waals surface area contributed by atoms with Crippen LogP contribution in [0.15, 0.2) is 53.1 Å². The van der Waals surface area contributed by atoms with Crippen LogP contribution in [0, 0.1) is 0 Å². The van der Waals surface area contributed by atoms with Crippen LogP contribution in [0.4, 0.5) is 5.69 Å². The van der Waals surface area contributed by atoms with E-state index in [1.54, 1.807) is 18.2 Å². The van der Waals surface area contributed by atoms with Gasteiger partial charge in [0.15, 0.2) is 5.82 Å². The Balaban J connectivity index is 1.59. The summed E-state index contributed by atoms with van der Waals surface area (Å²) in [5.74, 6) is 0.936. The minimum atomic E-state index is -0.285. The van der Waals surface area contributed by atoms with E-state index in [1.165, 1.54) is 0 Å². The third kappa shape index (κ3) is 5.81. The van der Waals surface area contributed by atoms with Crippen molar-refractivity contribution in [3.05, 3.63) is 76.4 Å². The summed E-state index contributed by atoms with van der Waals surface area (Å²) in [5, 5.41) is 10.6. The highest BCUT2D eigenvalue weighted by atomic mass is 35.5. The Kier molecular flexibility index (Phi) is 6.54. The third-order valence-electron chi connectivity index (χ3n) is 4.71. The second-order valence-corrected chi connectivity index (χ2v) is 7.91. The molecule has 0 aliphatic carbocycles. The molecule has 2 N–H and O–H groups in total. The first-order valence-electron chi connectivity index (χ1n) is 9.57. The van der Waals surface area contributed by atoms with E-state index in [4.69, 9.17) is 16.1 Å². The van der Waals surface area contributed by atoms with Gasteiger partial charge in [-0.15, -0.1) is 0 Å². The number of rotatable bonds is 8. The molecule has 7 heteroatoms. The zero-order chi connectivity index (χ0) is 20.9. The van der Waals surface area contributed by atoms with E-state index in [-0.39, 0.29) is 11.4 Å². The van der Waals surface area contributed by atoms with Crippen molar-refractivity contribution >= 4 is 23.2 Å². The van der Waals surface area contributed by atoms with Crippen molar-refractivity contribution in [3.8, 4) is 0 Å². The Hall–Kier alpha value is -2.86. The topological polar surface area (TPSA) is 80.0 Å². The maximum atomic E-state index is 12.4. The zero-order valence-corrected chi connectivity index (χ0v) is 17.6. The summed E-state index contributed by atoms with van der Waals surface area (Å²) in [4.78, 5) is 16.8. The quantitative estimate of drug-likeness (QED) is 0.553. The number of amides is 1. The lowest BCUT2D eigenvalue weighted by Gasteiger charge is -2.24. The molecular formula is C22H25ClN4O2. The van der Waals surface area contributed by atoms with Gasteiger partial charge in [0, 0.05) is 17.6 Å². The van der Waals surface area contributed by atoms with Crippen molar-refractivity contribution < 1.29 is 9.32 Å². The standard InChI is InChI=1S/C22H25ClN4O2/c1-4-22(2,3)26-21(28)17-11-10-16(13-18(17)23)24-14-20-25-19(27-29-20)12-15-8-6-5-7-9-15/h5-11,13,24H,4,12,14H2,1-3H3,(H,26,28). The highest BCUT2D eigenvalue weighted by molar-refractivity contribution is 6.34. The molecule has 2 aromatic carbocycles. The second-order valence-electron chi connectivity index (χ2n) is 7.51. The Morgan fingerprint density at radius 3 is 2.62 bits per heavy atom. The molecule has 0 radical (unpaired) electrons. The molecule has 0 fully saturated rings. The molecule has 1 amide bonds. The Bertz CT molecular complexity index is 970. The number of nitrogens with zero attached hydrogens (tertiary/aromatic N) is 2. The number of anilines is 1. The van der Waals surface area contributed by atoms with E-state index in [9.17, 15) is 4.79 Å². The van der Waals surface area contributed by atoms with E-state index in [1.807, 2.05) is 51.1 Å². The fraction of sp³-hybridized carbons (Fsp3) is 0.318. The lowest BCUT2D eigenvalue weighted by molar-refractivity contribution is 0.0911. The largest absolute Gasteiger partial charge is 0.376 e. The number of aromatic nitrogens is 2. The molecule has 29 heavy (non-hydrogen) atoms. The zero-order valence-electron chi connectivity index (χ0n) is 16.8. The van der Waals surface area contributed by atoms with Gasteiger partial charge in [0.25, 0.3) is 5.91 Å². The highest BCUT2D eigenvalue weighted by Gasteiger charge is 2.20. The highest BCUT2D eigenvalue weighted by Crippen LogP contribution is 2.22. The molecule has 0 aliphatic heterocycles. The van der Waals surface area contributed by atoms with Gasteiger partial charge in [-0.1, -0.05) is 54.0 Å². The van der Waals surface area contributed by atoms with Crippen LogP contribution in [0.5, 0.6) is 0 Å². The van der Waals surface area contributed by atoms with Crippen LogP contribution in [0.3, 0.4) is 0 Å². The third-order valence-corrected chi connectivity index (χ3v) is 5.02. The molecule has 152 valence electrons. The SMILES string of the molecule is CCC(C)(C)NC(=O)c1ccc(NCc2nc(Cc3ccccc3)no2)cc1Cl. The van der Waals surface area contributed by atoms with Gasteiger partial charge < -0.3 is 15.2 Å². The van der Waals surface area contributed by atoms with Gasteiger partial charge >= 0.3 is 0 Å². The molecule has 0 atom stereocenters. The van der Waals surface area contributed by atoms with Crippen LogP contribution in [-0.4, -0.2) is 21.6 Å². The summed E-state index contributed by atoms with van der Waals surface area (Å²) in [6.07, 6.45) is 1.44. The fourth-order valence-electron chi connectivity index (χ4n) is 2.66. The van der Waals surface area contributed by atoms with Crippen LogP contribution >= 0.6 is 11.6 Å². The number of benzene rings is 2. The molecule has 3 rings (SSSR count). The Morgan fingerprint density at radius 1 is 1.17 bits per heavy atom. The molecule has 6 nitrogen and oxygen atoms in total. The average Bonchev–Trinajstić information content (AvgIpc) is 3.14. The summed E-state index contributed by atoms with van der Waals surface area (Å²) in [5.41, 5.74) is 2.05. The van der Waals surface area contributed by atoms with Crippen LogP contribution in [0.25, 0.3) is 0 Å². The molecule has 3 aromatic rings. The van der Waals surface area contributed by atoms with Crippen LogP contribution in [0.1, 0.15) is 54.8 Å². The molecule has 0 aliphatic rings. The van der Waals surface area contributed by atoms with Gasteiger partial charge in [0.05, 0.1) is 17.1 Å². The van der Waals surface area contributed by atoms with E-state index < -0.39 is 0 Å². The van der Waals surface area contributed by atoms with E-state index in [0.29, 0.717) is 35.3 Å². The molecule has 1 aromatic heterocycles. The average molecular weight is 413 g/mol. The first kappa shape index (κ1) is 20.9. The molecule has 0 saturated heterocycles. The summed E-state index contributed by atoms with van der Waals surface area (Å²) < 4.78 is 5.30.